The molecule has 0 aromatic carbocycles. The van der Waals surface area contributed by atoms with E-state index in [9.17, 15) is 0 Å². The van der Waals surface area contributed by atoms with E-state index >= 15 is 0 Å². The first-order valence-electron chi connectivity index (χ1n) is 0.577. The molecule has 5 heavy (non-hydrogen) atoms. The standard InChI is InChI=1S/Ag.2S.2Zn. The van der Waals surface area contributed by atoms with Gasteiger partial charge in [-0.2, -0.15) is 0 Å². The van der Waals surface area contributed by atoms with Crippen molar-refractivity contribution in [2.75, 3.05) is 0 Å². The van der Waals surface area contributed by atoms with E-state index in [2.05, 4.69) is 20.2 Å². The fourth-order valence-corrected chi connectivity index (χ4v) is 0. The summed E-state index contributed by atoms with van der Waals surface area (Å²) < 4.78 is 0. The van der Waals surface area contributed by atoms with Crippen LogP contribution in [0, 0.1) is 0 Å². The van der Waals surface area contributed by atoms with Gasteiger partial charge in [-0.05, 0) is 0 Å². The van der Waals surface area contributed by atoms with Gasteiger partial charge in [-0.1, -0.05) is 0 Å². The molecule has 0 atom stereocenters. The molecule has 0 spiro atoms. The molecule has 0 N–H and O–H groups in total. The first-order chi connectivity index (χ1) is 2.00. The van der Waals surface area contributed by atoms with Gasteiger partial charge in [0.05, 0.1) is 0 Å². The molecule has 0 aliphatic carbocycles. The summed E-state index contributed by atoms with van der Waals surface area (Å²) in [5.41, 5.74) is 0. The van der Waals surface area contributed by atoms with Crippen molar-refractivity contribution < 1.29 is 55.5 Å². The maximum absolute atomic E-state index is 4.21. The van der Waals surface area contributed by atoms with Crippen LogP contribution in [-0.2, 0) is 55.5 Å². The number of hydrogen-bond acceptors (Lipinski definition) is 2. The molecule has 0 aliphatic rings. The van der Waals surface area contributed by atoms with E-state index in [0.717, 1.165) is 33.1 Å². The van der Waals surface area contributed by atoms with Crippen LogP contribution in [-0.4, -0.2) is 0 Å². The van der Waals surface area contributed by atoms with Crippen LogP contribution in [0.15, 0.2) is 0 Å². The van der Waals surface area contributed by atoms with Crippen LogP contribution in [0.25, 0.3) is 0 Å². The van der Waals surface area contributed by atoms with E-state index in [-0.39, 0.29) is 22.4 Å². The van der Waals surface area contributed by atoms with Gasteiger partial charge in [-0.15, -0.1) is 0 Å². The number of rotatable bonds is 0. The molecular weight excluding hydrogens is 303 g/mol. The predicted molar refractivity (Wildman–Crippen MR) is 15.2 cm³/mol. The van der Waals surface area contributed by atoms with Gasteiger partial charge in [0.25, 0.3) is 0 Å². The molecule has 0 amide bonds. The van der Waals surface area contributed by atoms with Crippen LogP contribution >= 0.6 is 20.2 Å². The van der Waals surface area contributed by atoms with Crippen molar-refractivity contribution in [2.24, 2.45) is 0 Å². The van der Waals surface area contributed by atoms with Crippen LogP contribution in [0.5, 0.6) is 0 Å². The zero-order valence-electron chi connectivity index (χ0n) is 2.53. The quantitative estimate of drug-likeness (QED) is 0.619. The fraction of sp³-hybridized carbons (Fsp3) is 0. The average Bonchev–Trinajstić information content (AvgIpc) is 1.50. The van der Waals surface area contributed by atoms with Crippen molar-refractivity contribution in [2.45, 2.75) is 0 Å². The van der Waals surface area contributed by atoms with Crippen LogP contribution in [0.3, 0.4) is 0 Å². The molecular formula is AgS2Zn2. The Hall–Kier alpha value is 2.43. The fourth-order valence-electron chi connectivity index (χ4n) is 0. The zero-order chi connectivity index (χ0) is 4.00. The third kappa shape index (κ3) is 21.4. The SMILES string of the molecule is [Ag].[S]=[Zn].[S]=[Zn]. The molecule has 0 fully saturated rings. The molecule has 1 radical (unpaired) electrons. The molecule has 0 aliphatic heterocycles. The molecule has 0 aromatic heterocycles. The zero-order valence-corrected chi connectivity index (χ0v) is 11.6. The van der Waals surface area contributed by atoms with E-state index < -0.39 is 0 Å². The molecule has 0 nitrogen and oxygen atoms in total. The van der Waals surface area contributed by atoms with Gasteiger partial charge in [-0.3, -0.25) is 0 Å². The van der Waals surface area contributed by atoms with Crippen molar-refractivity contribution >= 4 is 20.2 Å². The van der Waals surface area contributed by atoms with Gasteiger partial charge in [0.1, 0.15) is 0 Å². The van der Waals surface area contributed by atoms with E-state index in [0.29, 0.717) is 0 Å². The Labute approximate surface area is 74.5 Å². The summed E-state index contributed by atoms with van der Waals surface area (Å²) >= 11 is 1.92. The molecule has 0 bridgehead atoms. The molecule has 0 heterocycles. The molecule has 0 unspecified atom stereocenters. The minimum atomic E-state index is 0. The van der Waals surface area contributed by atoms with Gasteiger partial charge in [0.2, 0.25) is 0 Å². The number of hydrogen-bond donors (Lipinski definition) is 0. The van der Waals surface area contributed by atoms with Crippen molar-refractivity contribution in [3.8, 4) is 0 Å². The van der Waals surface area contributed by atoms with Gasteiger partial charge < -0.3 is 0 Å². The first kappa shape index (κ1) is 15.7. The second kappa shape index (κ2) is 32.1. The second-order valence-corrected chi connectivity index (χ2v) is 0. The minimum absolute atomic E-state index is 0. The van der Waals surface area contributed by atoms with Gasteiger partial charge in [0, 0.05) is 22.4 Å². The Bertz CT molecular complexity index is 9.61. The second-order valence-electron chi connectivity index (χ2n) is 0. The van der Waals surface area contributed by atoms with Crippen molar-refractivity contribution in [1.29, 1.82) is 0 Å². The first-order valence-corrected chi connectivity index (χ1v) is 9.00. The third-order valence-corrected chi connectivity index (χ3v) is 0. The third-order valence-electron chi connectivity index (χ3n) is 0. The van der Waals surface area contributed by atoms with Gasteiger partial charge in [-0.25, -0.2) is 0 Å². The summed E-state index contributed by atoms with van der Waals surface area (Å²) in [5.74, 6) is 0. The van der Waals surface area contributed by atoms with Crippen LogP contribution in [0.4, 0.5) is 0 Å². The summed E-state index contributed by atoms with van der Waals surface area (Å²) in [6.07, 6.45) is 0. The van der Waals surface area contributed by atoms with Crippen molar-refractivity contribution in [3.63, 3.8) is 0 Å². The van der Waals surface area contributed by atoms with Gasteiger partial charge in [0.15, 0.2) is 0 Å². The summed E-state index contributed by atoms with van der Waals surface area (Å²) in [5, 5.41) is 0. The Morgan fingerprint density at radius 1 is 0.800 bits per heavy atom. The molecule has 0 saturated carbocycles. The molecule has 0 saturated heterocycles. The average molecular weight is 303 g/mol. The molecule has 5 heteroatoms. The van der Waals surface area contributed by atoms with Crippen LogP contribution in [0.1, 0.15) is 0 Å². The predicted octanol–water partition coefficient (Wildman–Crippen LogP) is 1.29. The topological polar surface area (TPSA) is 0 Å². The summed E-state index contributed by atoms with van der Waals surface area (Å²) in [4.78, 5) is 0. The maximum atomic E-state index is 4.21. The molecule has 0 rings (SSSR count). The monoisotopic (exact) mass is 299 g/mol. The van der Waals surface area contributed by atoms with E-state index in [4.69, 9.17) is 0 Å². The van der Waals surface area contributed by atoms with E-state index in [1.165, 1.54) is 0 Å². The van der Waals surface area contributed by atoms with Crippen LogP contribution in [0.2, 0.25) is 0 Å². The molecule has 0 aromatic rings. The Kier molecular flexibility index (Phi) is 101. The van der Waals surface area contributed by atoms with E-state index in [1.54, 1.807) is 0 Å². The summed E-state index contributed by atoms with van der Waals surface area (Å²) in [6, 6.07) is 0. The summed E-state index contributed by atoms with van der Waals surface area (Å²) in [7, 11) is 8.42. The van der Waals surface area contributed by atoms with E-state index in [1.807, 2.05) is 0 Å². The van der Waals surface area contributed by atoms with Crippen LogP contribution < -0.4 is 0 Å². The normalized spacial score (nSPS) is 2.40. The van der Waals surface area contributed by atoms with Gasteiger partial charge >= 0.3 is 53.3 Å². The Morgan fingerprint density at radius 3 is 0.800 bits per heavy atom. The van der Waals surface area contributed by atoms with Crippen molar-refractivity contribution in [1.82, 2.24) is 0 Å². The van der Waals surface area contributed by atoms with Crippen molar-refractivity contribution in [3.05, 3.63) is 0 Å². The molecule has 27 valence electrons. The Morgan fingerprint density at radius 2 is 0.800 bits per heavy atom. The summed E-state index contributed by atoms with van der Waals surface area (Å²) in [6.45, 7) is 0. The Balaban J connectivity index is -0.0000000133.